The molecule has 8 heteroatoms. The number of aliphatic hydroxyl groups is 4. The van der Waals surface area contributed by atoms with Crippen molar-refractivity contribution in [3.8, 4) is 0 Å². The molecule has 0 aromatic heterocycles. The second-order valence-corrected chi connectivity index (χ2v) is 10.0. The van der Waals surface area contributed by atoms with Crippen LogP contribution in [0.5, 0.6) is 0 Å². The lowest BCUT2D eigenvalue weighted by molar-refractivity contribution is -0.0466. The van der Waals surface area contributed by atoms with Crippen molar-refractivity contribution in [3.63, 3.8) is 0 Å². The zero-order valence-electron chi connectivity index (χ0n) is 20.3. The van der Waals surface area contributed by atoms with Gasteiger partial charge in [-0.05, 0) is 45.1 Å². The monoisotopic (exact) mass is 496 g/mol. The molecule has 0 aromatic rings. The second-order valence-electron chi connectivity index (χ2n) is 9.16. The molecule has 0 saturated heterocycles. The van der Waals surface area contributed by atoms with E-state index in [1.165, 1.54) is 70.6 Å². The number of nitrogens with one attached hydrogen (secondary N) is 2. The molecule has 6 N–H and O–H groups in total. The maximum atomic E-state index is 10.0. The van der Waals surface area contributed by atoms with E-state index >= 15 is 0 Å². The first-order chi connectivity index (χ1) is 15.5. The molecule has 0 aliphatic carbocycles. The van der Waals surface area contributed by atoms with Gasteiger partial charge in [-0.3, -0.25) is 10.4 Å². The third-order valence-electron chi connectivity index (χ3n) is 6.09. The van der Waals surface area contributed by atoms with Crippen molar-refractivity contribution in [3.05, 3.63) is 0 Å². The van der Waals surface area contributed by atoms with Gasteiger partial charge in [-0.2, -0.15) is 0 Å². The predicted octanol–water partition coefficient (Wildman–Crippen LogP) is 4.61. The van der Waals surface area contributed by atoms with Crippen LogP contribution in [-0.4, -0.2) is 51.0 Å². The highest BCUT2D eigenvalue weighted by atomic mass is 32.1. The van der Waals surface area contributed by atoms with Gasteiger partial charge in [0.25, 0.3) is 0 Å². The number of hydrogen-bond acceptors (Lipinski definition) is 7. The number of rotatable bonds is 25. The predicted molar refractivity (Wildman–Crippen MR) is 142 cm³/mol. The van der Waals surface area contributed by atoms with Crippen molar-refractivity contribution >= 4 is 22.0 Å². The number of unbranched alkanes of at least 4 members (excludes halogenated alkanes) is 14. The van der Waals surface area contributed by atoms with Crippen molar-refractivity contribution < 1.29 is 20.4 Å². The Balaban J connectivity index is 3.23. The first kappa shape index (κ1) is 32.5. The van der Waals surface area contributed by atoms with Crippen LogP contribution in [0.15, 0.2) is 0 Å². The van der Waals surface area contributed by atoms with Crippen LogP contribution in [0, 0.1) is 0 Å². The van der Waals surface area contributed by atoms with E-state index in [-0.39, 0.29) is 6.04 Å². The van der Waals surface area contributed by atoms with Gasteiger partial charge in [0.1, 0.15) is 11.7 Å². The summed E-state index contributed by atoms with van der Waals surface area (Å²) in [6, 6.07) is -0.0105. The molecular weight excluding hydrogens is 443 g/mol. The first-order valence-corrected chi connectivity index (χ1v) is 14.2. The average molecular weight is 497 g/mol. The molecule has 4 atom stereocenters. The molecule has 0 heterocycles. The Hall–Kier alpha value is 0.540. The molecule has 0 fully saturated rings. The van der Waals surface area contributed by atoms with Crippen molar-refractivity contribution in [1.29, 1.82) is 0 Å². The molecule has 32 heavy (non-hydrogen) atoms. The van der Waals surface area contributed by atoms with Crippen LogP contribution in [-0.2, 0) is 0 Å². The largest absolute Gasteiger partial charge is 0.381 e. The molecule has 0 aliphatic heterocycles. The summed E-state index contributed by atoms with van der Waals surface area (Å²) in [5, 5.41) is 43.2. The Morgan fingerprint density at radius 3 is 1.38 bits per heavy atom. The summed E-state index contributed by atoms with van der Waals surface area (Å²) in [5.41, 5.74) is -0.646. The quantitative estimate of drug-likeness (QED) is 0.0431. The normalized spacial score (nSPS) is 14.7. The number of thiol groups is 1. The topological polar surface area (TPSA) is 105 Å². The first-order valence-electron chi connectivity index (χ1n) is 13.1. The molecule has 0 aliphatic rings. The molecule has 0 bridgehead atoms. The molecule has 0 rings (SSSR count). The third-order valence-corrected chi connectivity index (χ3v) is 6.87. The minimum atomic E-state index is -1.13. The van der Waals surface area contributed by atoms with Crippen LogP contribution < -0.4 is 10.4 Å². The van der Waals surface area contributed by atoms with E-state index in [0.717, 1.165) is 51.5 Å². The van der Waals surface area contributed by atoms with Gasteiger partial charge in [0.15, 0.2) is 6.29 Å². The summed E-state index contributed by atoms with van der Waals surface area (Å²) in [7, 11) is 2.43. The lowest BCUT2D eigenvalue weighted by atomic mass is 10.0. The molecule has 0 amide bonds. The molecule has 0 aromatic carbocycles. The lowest BCUT2D eigenvalue weighted by Gasteiger charge is -2.18. The molecule has 4 unspecified atom stereocenters. The number of hydrogen-bond donors (Lipinski definition) is 7. The van der Waals surface area contributed by atoms with Crippen molar-refractivity contribution in [2.45, 2.75) is 146 Å². The molecule has 194 valence electrons. The average Bonchev–Trinajstić information content (AvgIpc) is 2.75. The van der Waals surface area contributed by atoms with Gasteiger partial charge in [-0.15, -0.1) is 12.6 Å². The van der Waals surface area contributed by atoms with Crippen LogP contribution in [0.3, 0.4) is 0 Å². The van der Waals surface area contributed by atoms with Crippen molar-refractivity contribution in [2.24, 2.45) is 0 Å². The minimum Gasteiger partial charge on any atom is -0.381 e. The van der Waals surface area contributed by atoms with Gasteiger partial charge in [-0.25, -0.2) is 0 Å². The van der Waals surface area contributed by atoms with E-state index in [0.29, 0.717) is 6.42 Å². The Morgan fingerprint density at radius 1 is 0.562 bits per heavy atom. The summed E-state index contributed by atoms with van der Waals surface area (Å²) in [6.45, 7) is 0.807. The van der Waals surface area contributed by atoms with E-state index in [9.17, 15) is 10.2 Å². The van der Waals surface area contributed by atoms with Crippen molar-refractivity contribution in [1.82, 2.24) is 10.4 Å². The highest BCUT2D eigenvalue weighted by Gasteiger charge is 2.12. The molecular formula is C24H53N2O4PS. The van der Waals surface area contributed by atoms with Crippen molar-refractivity contribution in [2.75, 3.05) is 6.54 Å². The Labute approximate surface area is 205 Å². The van der Waals surface area contributed by atoms with E-state index in [2.05, 4.69) is 32.4 Å². The van der Waals surface area contributed by atoms with E-state index in [1.807, 2.05) is 0 Å². The van der Waals surface area contributed by atoms with Gasteiger partial charge in [0.2, 0.25) is 0 Å². The fourth-order valence-corrected chi connectivity index (χ4v) is 4.71. The Kier molecular flexibility index (Phi) is 25.1. The van der Waals surface area contributed by atoms with Crippen LogP contribution in [0.25, 0.3) is 0 Å². The highest BCUT2D eigenvalue weighted by Crippen LogP contribution is 2.14. The summed E-state index contributed by atoms with van der Waals surface area (Å²) in [6.07, 6.45) is 20.0. The summed E-state index contributed by atoms with van der Waals surface area (Å²) in [4.78, 5) is 0. The molecule has 0 saturated carbocycles. The standard InChI is InChI=1S/C24H53N2O4PS/c27-22(25-20-16-15-17-21(26-31)24(30)32)18-13-11-9-7-5-3-1-2-4-6-8-10-12-14-19-23(28)29/h21-30,32H,1-20,31H2. The van der Waals surface area contributed by atoms with E-state index in [1.54, 1.807) is 0 Å². The minimum absolute atomic E-state index is 0.0105. The van der Waals surface area contributed by atoms with Crippen LogP contribution in [0.1, 0.15) is 122 Å². The highest BCUT2D eigenvalue weighted by molar-refractivity contribution is 7.80. The SMILES string of the molecule is OC(O)CCCCCCCCCCCCCCCCC(O)NCCCCC(NP)C(O)S. The molecule has 6 nitrogen and oxygen atoms in total. The summed E-state index contributed by atoms with van der Waals surface area (Å²) >= 11 is 4.05. The molecule has 0 radical (unpaired) electrons. The smallest absolute Gasteiger partial charge is 0.151 e. The fraction of sp³-hybridized carbons (Fsp3) is 1.00. The molecule has 0 spiro atoms. The summed E-state index contributed by atoms with van der Waals surface area (Å²) in [5.74, 6) is 0. The van der Waals surface area contributed by atoms with Crippen LogP contribution in [0.2, 0.25) is 0 Å². The summed E-state index contributed by atoms with van der Waals surface area (Å²) < 4.78 is 0. The third kappa shape index (κ3) is 23.7. The second kappa shape index (κ2) is 24.7. The lowest BCUT2D eigenvalue weighted by Crippen LogP contribution is -2.32. The van der Waals surface area contributed by atoms with E-state index < -0.39 is 18.0 Å². The zero-order chi connectivity index (χ0) is 23.9. The maximum Gasteiger partial charge on any atom is 0.151 e. The maximum absolute atomic E-state index is 10.0. The Morgan fingerprint density at radius 2 is 0.969 bits per heavy atom. The van der Waals surface area contributed by atoms with Crippen LogP contribution >= 0.6 is 22.0 Å². The fourth-order valence-electron chi connectivity index (χ4n) is 3.96. The van der Waals surface area contributed by atoms with Gasteiger partial charge >= 0.3 is 0 Å². The van der Waals surface area contributed by atoms with E-state index in [4.69, 9.17) is 10.2 Å². The Bertz CT molecular complexity index is 382. The zero-order valence-corrected chi connectivity index (χ0v) is 22.3. The van der Waals surface area contributed by atoms with Gasteiger partial charge < -0.3 is 20.4 Å². The number of aliphatic hydroxyl groups excluding tert-OH is 3. The van der Waals surface area contributed by atoms with Gasteiger partial charge in [0, 0.05) is 6.04 Å². The van der Waals surface area contributed by atoms with Gasteiger partial charge in [-0.1, -0.05) is 92.9 Å². The van der Waals surface area contributed by atoms with Gasteiger partial charge in [0.05, 0.1) is 0 Å². The van der Waals surface area contributed by atoms with Crippen LogP contribution in [0.4, 0.5) is 0 Å².